The minimum atomic E-state index is -0.543. The molecule has 0 saturated carbocycles. The first-order chi connectivity index (χ1) is 6.59. The number of nitrogens with one attached hydrogen (secondary N) is 1. The van der Waals surface area contributed by atoms with E-state index in [4.69, 9.17) is 16.7 Å². The molecule has 3 nitrogen and oxygen atoms in total. The maximum absolute atomic E-state index is 11.4. The summed E-state index contributed by atoms with van der Waals surface area (Å²) in [6, 6.07) is 6.66. The smallest absolute Gasteiger partial charge is 0.251 e. The van der Waals surface area contributed by atoms with Gasteiger partial charge in [0.25, 0.3) is 5.91 Å². The van der Waals surface area contributed by atoms with Gasteiger partial charge < -0.3 is 10.4 Å². The fourth-order valence-corrected chi connectivity index (χ4v) is 1.16. The molecule has 0 fully saturated rings. The van der Waals surface area contributed by atoms with Crippen LogP contribution in [-0.4, -0.2) is 23.7 Å². The first-order valence-corrected chi connectivity index (χ1v) is 4.69. The second-order valence-electron chi connectivity index (χ2n) is 3.07. The van der Waals surface area contributed by atoms with E-state index in [0.717, 1.165) is 0 Å². The Balaban J connectivity index is 2.61. The molecule has 2 N–H and O–H groups in total. The molecule has 0 aliphatic carbocycles. The zero-order valence-corrected chi connectivity index (χ0v) is 8.58. The molecule has 0 bridgehead atoms. The number of aliphatic hydroxyl groups is 1. The lowest BCUT2D eigenvalue weighted by Crippen LogP contribution is -2.30. The van der Waals surface area contributed by atoms with Crippen molar-refractivity contribution in [1.29, 1.82) is 0 Å². The van der Waals surface area contributed by atoms with Crippen LogP contribution in [0, 0.1) is 0 Å². The Labute approximate surface area is 87.7 Å². The number of carbonyl (C=O) groups excluding carboxylic acids is 1. The summed E-state index contributed by atoms with van der Waals surface area (Å²) in [5.41, 5.74) is 0.498. The molecule has 76 valence electrons. The largest absolute Gasteiger partial charge is 0.392 e. The van der Waals surface area contributed by atoms with E-state index in [9.17, 15) is 4.79 Å². The summed E-state index contributed by atoms with van der Waals surface area (Å²) in [5, 5.41) is 12.1. The number of benzene rings is 1. The van der Waals surface area contributed by atoms with Crippen LogP contribution in [0.25, 0.3) is 0 Å². The molecule has 0 aliphatic rings. The Bertz CT molecular complexity index is 326. The highest BCUT2D eigenvalue weighted by atomic mass is 35.5. The summed E-state index contributed by atoms with van der Waals surface area (Å²) in [7, 11) is 0. The molecule has 0 heterocycles. The van der Waals surface area contributed by atoms with E-state index in [1.807, 2.05) is 0 Å². The minimum Gasteiger partial charge on any atom is -0.392 e. The van der Waals surface area contributed by atoms with Gasteiger partial charge in [-0.1, -0.05) is 17.7 Å². The first kappa shape index (κ1) is 11.0. The maximum atomic E-state index is 11.4. The predicted octanol–water partition coefficient (Wildman–Crippen LogP) is 1.45. The van der Waals surface area contributed by atoms with Crippen LogP contribution in [0.5, 0.6) is 0 Å². The van der Waals surface area contributed by atoms with Gasteiger partial charge in [0, 0.05) is 17.1 Å². The zero-order chi connectivity index (χ0) is 10.6. The molecule has 0 aromatic heterocycles. The molecular weight excluding hydrogens is 202 g/mol. The van der Waals surface area contributed by atoms with Gasteiger partial charge in [0.1, 0.15) is 0 Å². The Morgan fingerprint density at radius 3 is 2.93 bits per heavy atom. The van der Waals surface area contributed by atoms with Gasteiger partial charge >= 0.3 is 0 Å². The summed E-state index contributed by atoms with van der Waals surface area (Å²) in [4.78, 5) is 11.4. The number of halogens is 1. The van der Waals surface area contributed by atoms with Gasteiger partial charge in [0.15, 0.2) is 0 Å². The van der Waals surface area contributed by atoms with Crippen LogP contribution in [0.1, 0.15) is 17.3 Å². The molecule has 1 amide bonds. The summed E-state index contributed by atoms with van der Waals surface area (Å²) in [6.45, 7) is 1.85. The van der Waals surface area contributed by atoms with Crippen molar-refractivity contribution in [2.24, 2.45) is 0 Å². The van der Waals surface area contributed by atoms with E-state index < -0.39 is 6.10 Å². The molecule has 0 unspecified atom stereocenters. The highest BCUT2D eigenvalue weighted by Crippen LogP contribution is 2.10. The van der Waals surface area contributed by atoms with Crippen molar-refractivity contribution in [1.82, 2.24) is 5.32 Å². The monoisotopic (exact) mass is 213 g/mol. The van der Waals surface area contributed by atoms with Gasteiger partial charge in [0.2, 0.25) is 0 Å². The summed E-state index contributed by atoms with van der Waals surface area (Å²) in [6.07, 6.45) is -0.543. The van der Waals surface area contributed by atoms with Crippen molar-refractivity contribution >= 4 is 17.5 Å². The molecule has 1 aromatic rings. The number of amides is 1. The standard InChI is InChI=1S/C10H12ClNO2/c1-7(13)6-12-10(14)8-3-2-4-9(11)5-8/h2-5,7,13H,6H2,1H3,(H,12,14)/t7-/m1/s1. The van der Waals surface area contributed by atoms with Crippen molar-refractivity contribution in [3.05, 3.63) is 34.9 Å². The van der Waals surface area contributed by atoms with Gasteiger partial charge in [-0.3, -0.25) is 4.79 Å². The van der Waals surface area contributed by atoms with Crippen LogP contribution >= 0.6 is 11.6 Å². The number of hydrogen-bond acceptors (Lipinski definition) is 2. The molecule has 1 rings (SSSR count). The zero-order valence-electron chi connectivity index (χ0n) is 7.83. The van der Waals surface area contributed by atoms with E-state index in [1.165, 1.54) is 0 Å². The molecule has 0 spiro atoms. The average molecular weight is 214 g/mol. The Hall–Kier alpha value is -1.06. The Morgan fingerprint density at radius 1 is 1.64 bits per heavy atom. The second kappa shape index (κ2) is 4.98. The van der Waals surface area contributed by atoms with Gasteiger partial charge in [-0.25, -0.2) is 0 Å². The average Bonchev–Trinajstić information content (AvgIpc) is 2.14. The van der Waals surface area contributed by atoms with Crippen molar-refractivity contribution in [2.75, 3.05) is 6.54 Å². The van der Waals surface area contributed by atoms with Gasteiger partial charge in [-0.15, -0.1) is 0 Å². The highest BCUT2D eigenvalue weighted by Gasteiger charge is 2.05. The Morgan fingerprint density at radius 2 is 2.36 bits per heavy atom. The van der Waals surface area contributed by atoms with E-state index in [-0.39, 0.29) is 12.5 Å². The number of carbonyl (C=O) groups is 1. The molecule has 0 aliphatic heterocycles. The summed E-state index contributed by atoms with van der Waals surface area (Å²) < 4.78 is 0. The van der Waals surface area contributed by atoms with Crippen LogP contribution in [0.3, 0.4) is 0 Å². The van der Waals surface area contributed by atoms with Crippen LogP contribution in [0.4, 0.5) is 0 Å². The lowest BCUT2D eigenvalue weighted by molar-refractivity contribution is 0.0924. The summed E-state index contributed by atoms with van der Waals surface area (Å²) in [5.74, 6) is -0.228. The fourth-order valence-electron chi connectivity index (χ4n) is 0.972. The van der Waals surface area contributed by atoms with E-state index in [1.54, 1.807) is 31.2 Å². The first-order valence-electron chi connectivity index (χ1n) is 4.31. The maximum Gasteiger partial charge on any atom is 0.251 e. The predicted molar refractivity (Wildman–Crippen MR) is 55.5 cm³/mol. The topological polar surface area (TPSA) is 49.3 Å². The van der Waals surface area contributed by atoms with Crippen LogP contribution in [-0.2, 0) is 0 Å². The van der Waals surface area contributed by atoms with Gasteiger partial charge in [0.05, 0.1) is 6.10 Å². The number of aliphatic hydroxyl groups excluding tert-OH is 1. The molecule has 4 heteroatoms. The number of hydrogen-bond donors (Lipinski definition) is 2. The molecule has 0 saturated heterocycles. The molecule has 0 radical (unpaired) electrons. The van der Waals surface area contributed by atoms with Crippen molar-refractivity contribution in [3.63, 3.8) is 0 Å². The minimum absolute atomic E-state index is 0.228. The SMILES string of the molecule is C[C@@H](O)CNC(=O)c1cccc(Cl)c1. The van der Waals surface area contributed by atoms with E-state index >= 15 is 0 Å². The quantitative estimate of drug-likeness (QED) is 0.799. The van der Waals surface area contributed by atoms with Crippen LogP contribution in [0.15, 0.2) is 24.3 Å². The third-order valence-corrected chi connectivity index (χ3v) is 1.88. The van der Waals surface area contributed by atoms with Crippen LogP contribution in [0.2, 0.25) is 5.02 Å². The fraction of sp³-hybridized carbons (Fsp3) is 0.300. The van der Waals surface area contributed by atoms with Crippen molar-refractivity contribution in [2.45, 2.75) is 13.0 Å². The number of rotatable bonds is 3. The van der Waals surface area contributed by atoms with Gasteiger partial charge in [-0.05, 0) is 25.1 Å². The second-order valence-corrected chi connectivity index (χ2v) is 3.51. The van der Waals surface area contributed by atoms with E-state index in [2.05, 4.69) is 5.32 Å². The van der Waals surface area contributed by atoms with Crippen molar-refractivity contribution < 1.29 is 9.90 Å². The lowest BCUT2D eigenvalue weighted by Gasteiger charge is -2.06. The van der Waals surface area contributed by atoms with E-state index in [0.29, 0.717) is 10.6 Å². The van der Waals surface area contributed by atoms with Crippen LogP contribution < -0.4 is 5.32 Å². The Kier molecular flexibility index (Phi) is 3.92. The van der Waals surface area contributed by atoms with Gasteiger partial charge in [-0.2, -0.15) is 0 Å². The molecule has 1 atom stereocenters. The normalized spacial score (nSPS) is 12.2. The lowest BCUT2D eigenvalue weighted by atomic mass is 10.2. The third-order valence-electron chi connectivity index (χ3n) is 1.64. The summed E-state index contributed by atoms with van der Waals surface area (Å²) >= 11 is 5.72. The van der Waals surface area contributed by atoms with Crippen molar-refractivity contribution in [3.8, 4) is 0 Å². The third kappa shape index (κ3) is 3.36. The highest BCUT2D eigenvalue weighted by molar-refractivity contribution is 6.30. The molecule has 1 aromatic carbocycles. The molecular formula is C10H12ClNO2. The molecule has 14 heavy (non-hydrogen) atoms.